The molecular weight excluding hydrogens is 224 g/mol. The third-order valence-corrected chi connectivity index (χ3v) is 2.32. The van der Waals surface area contributed by atoms with Crippen molar-refractivity contribution >= 4 is 17.4 Å². The molecule has 0 amide bonds. The lowest BCUT2D eigenvalue weighted by molar-refractivity contribution is 0.242. The summed E-state index contributed by atoms with van der Waals surface area (Å²) in [6.45, 7) is 7.76. The van der Waals surface area contributed by atoms with E-state index in [0.29, 0.717) is 5.88 Å². The van der Waals surface area contributed by atoms with Gasteiger partial charge in [0.05, 0.1) is 6.10 Å². The Kier molecular flexibility index (Phi) is 5.39. The van der Waals surface area contributed by atoms with Gasteiger partial charge >= 0.3 is 0 Å². The van der Waals surface area contributed by atoms with Crippen molar-refractivity contribution in [1.29, 1.82) is 0 Å². The molecule has 0 aromatic carbocycles. The number of ether oxygens (including phenoxy) is 1. The minimum absolute atomic E-state index is 0.151. The predicted molar refractivity (Wildman–Crippen MR) is 68.6 cm³/mol. The van der Waals surface area contributed by atoms with E-state index in [9.17, 15) is 0 Å². The van der Waals surface area contributed by atoms with Crippen molar-refractivity contribution < 1.29 is 4.74 Å². The number of rotatable bonds is 6. The van der Waals surface area contributed by atoms with Gasteiger partial charge in [0, 0.05) is 25.2 Å². The summed E-state index contributed by atoms with van der Waals surface area (Å²) in [7, 11) is 0. The zero-order valence-corrected chi connectivity index (χ0v) is 10.9. The molecule has 0 fully saturated rings. The zero-order chi connectivity index (χ0) is 12.0. The van der Waals surface area contributed by atoms with Crippen LogP contribution in [-0.4, -0.2) is 30.1 Å². The average Bonchev–Trinajstić information content (AvgIpc) is 2.26. The maximum atomic E-state index is 5.77. The second kappa shape index (κ2) is 6.59. The summed E-state index contributed by atoms with van der Waals surface area (Å²) in [5.74, 6) is 2.29. The fourth-order valence-electron chi connectivity index (χ4n) is 1.48. The van der Waals surface area contributed by atoms with Crippen molar-refractivity contribution in [3.63, 3.8) is 0 Å². The van der Waals surface area contributed by atoms with E-state index in [1.165, 1.54) is 0 Å². The molecule has 0 bridgehead atoms. The van der Waals surface area contributed by atoms with Crippen LogP contribution < -0.4 is 9.64 Å². The normalized spacial score (nSPS) is 10.6. The Labute approximate surface area is 102 Å². The summed E-state index contributed by atoms with van der Waals surface area (Å²) in [5, 5.41) is 0. The first-order valence-corrected chi connectivity index (χ1v) is 6.15. The molecule has 0 aliphatic carbocycles. The van der Waals surface area contributed by atoms with Crippen molar-refractivity contribution in [2.75, 3.05) is 23.9 Å². The van der Waals surface area contributed by atoms with Crippen LogP contribution in [0.25, 0.3) is 0 Å². The van der Waals surface area contributed by atoms with E-state index in [4.69, 9.17) is 16.3 Å². The van der Waals surface area contributed by atoms with Crippen LogP contribution in [0.5, 0.6) is 5.75 Å². The topological polar surface area (TPSA) is 25.4 Å². The first-order valence-electron chi connectivity index (χ1n) is 5.61. The first-order chi connectivity index (χ1) is 7.69. The summed E-state index contributed by atoms with van der Waals surface area (Å²) in [5.41, 5.74) is 0. The molecule has 0 radical (unpaired) electrons. The maximum Gasteiger partial charge on any atom is 0.171 e. The third-order valence-electron chi connectivity index (χ3n) is 2.15. The van der Waals surface area contributed by atoms with Gasteiger partial charge in [0.1, 0.15) is 0 Å². The Morgan fingerprint density at radius 3 is 2.81 bits per heavy atom. The lowest BCUT2D eigenvalue weighted by Gasteiger charge is -2.23. The average molecular weight is 243 g/mol. The Hall–Kier alpha value is -0.960. The van der Waals surface area contributed by atoms with Gasteiger partial charge < -0.3 is 9.64 Å². The smallest absolute Gasteiger partial charge is 0.171 e. The molecule has 16 heavy (non-hydrogen) atoms. The number of aromatic nitrogens is 1. The van der Waals surface area contributed by atoms with E-state index in [0.717, 1.165) is 24.7 Å². The highest BCUT2D eigenvalue weighted by molar-refractivity contribution is 6.18. The number of alkyl halides is 1. The number of hydrogen-bond acceptors (Lipinski definition) is 3. The quantitative estimate of drug-likeness (QED) is 0.718. The van der Waals surface area contributed by atoms with E-state index >= 15 is 0 Å². The summed E-state index contributed by atoms with van der Waals surface area (Å²) < 4.78 is 5.73. The van der Waals surface area contributed by atoms with Crippen molar-refractivity contribution in [2.24, 2.45) is 0 Å². The van der Waals surface area contributed by atoms with Crippen molar-refractivity contribution in [3.8, 4) is 5.75 Å². The lowest BCUT2D eigenvalue weighted by Crippen LogP contribution is -2.26. The van der Waals surface area contributed by atoms with E-state index in [1.54, 1.807) is 6.20 Å². The Morgan fingerprint density at radius 2 is 2.25 bits per heavy atom. The van der Waals surface area contributed by atoms with Gasteiger partial charge in [-0.2, -0.15) is 0 Å². The number of halogens is 1. The molecule has 0 saturated carbocycles. The highest BCUT2D eigenvalue weighted by Crippen LogP contribution is 2.25. The van der Waals surface area contributed by atoms with Gasteiger partial charge in [-0.25, -0.2) is 4.98 Å². The molecule has 3 nitrogen and oxygen atoms in total. The van der Waals surface area contributed by atoms with Crippen molar-refractivity contribution in [2.45, 2.75) is 26.9 Å². The van der Waals surface area contributed by atoms with Gasteiger partial charge in [-0.1, -0.05) is 0 Å². The van der Waals surface area contributed by atoms with Crippen LogP contribution in [0.3, 0.4) is 0 Å². The molecule has 0 aliphatic heterocycles. The molecule has 90 valence electrons. The molecule has 0 spiro atoms. The molecule has 0 atom stereocenters. The van der Waals surface area contributed by atoms with Crippen LogP contribution in [0.1, 0.15) is 20.8 Å². The van der Waals surface area contributed by atoms with E-state index < -0.39 is 0 Å². The monoisotopic (exact) mass is 242 g/mol. The summed E-state index contributed by atoms with van der Waals surface area (Å²) in [6.07, 6.45) is 1.93. The molecule has 1 aromatic rings. The highest BCUT2D eigenvalue weighted by atomic mass is 35.5. The number of nitrogens with zero attached hydrogens (tertiary/aromatic N) is 2. The second-order valence-electron chi connectivity index (χ2n) is 3.76. The maximum absolute atomic E-state index is 5.77. The van der Waals surface area contributed by atoms with Gasteiger partial charge in [-0.05, 0) is 32.9 Å². The Balaban J connectivity index is 2.91. The van der Waals surface area contributed by atoms with Crippen LogP contribution in [0.4, 0.5) is 5.82 Å². The van der Waals surface area contributed by atoms with E-state index in [2.05, 4.69) is 16.8 Å². The highest BCUT2D eigenvalue weighted by Gasteiger charge is 2.12. The standard InChI is InChI=1S/C12H19ClN2O/c1-4-15(9-7-13)12-11(16-10(2)3)6-5-8-14-12/h5-6,8,10H,4,7,9H2,1-3H3. The molecule has 0 N–H and O–H groups in total. The van der Waals surface area contributed by atoms with Gasteiger partial charge in [0.2, 0.25) is 0 Å². The van der Waals surface area contributed by atoms with Gasteiger partial charge in [-0.15, -0.1) is 11.6 Å². The van der Waals surface area contributed by atoms with E-state index in [-0.39, 0.29) is 6.10 Å². The van der Waals surface area contributed by atoms with Crippen LogP contribution in [0.2, 0.25) is 0 Å². The molecule has 1 aromatic heterocycles. The minimum atomic E-state index is 0.151. The lowest BCUT2D eigenvalue weighted by atomic mass is 10.3. The summed E-state index contributed by atoms with van der Waals surface area (Å²) >= 11 is 5.77. The Bertz CT molecular complexity index is 318. The molecule has 1 rings (SSSR count). The Morgan fingerprint density at radius 1 is 1.50 bits per heavy atom. The minimum Gasteiger partial charge on any atom is -0.487 e. The first kappa shape index (κ1) is 13.1. The van der Waals surface area contributed by atoms with Crippen LogP contribution in [-0.2, 0) is 0 Å². The SMILES string of the molecule is CCN(CCCl)c1ncccc1OC(C)C. The molecule has 4 heteroatoms. The molecular formula is C12H19ClN2O. The zero-order valence-electron chi connectivity index (χ0n) is 10.1. The molecule has 0 unspecified atom stereocenters. The van der Waals surface area contributed by atoms with Gasteiger partial charge in [0.25, 0.3) is 0 Å². The van der Waals surface area contributed by atoms with Crippen molar-refractivity contribution in [1.82, 2.24) is 4.98 Å². The van der Waals surface area contributed by atoms with E-state index in [1.807, 2.05) is 26.0 Å². The fourth-order valence-corrected chi connectivity index (χ4v) is 1.69. The van der Waals surface area contributed by atoms with Crippen LogP contribution in [0.15, 0.2) is 18.3 Å². The predicted octanol–water partition coefficient (Wildman–Crippen LogP) is 2.93. The summed E-state index contributed by atoms with van der Waals surface area (Å²) in [4.78, 5) is 6.48. The fraction of sp³-hybridized carbons (Fsp3) is 0.583. The van der Waals surface area contributed by atoms with Gasteiger partial charge in [0.15, 0.2) is 11.6 Å². The second-order valence-corrected chi connectivity index (χ2v) is 4.14. The van der Waals surface area contributed by atoms with Crippen molar-refractivity contribution in [3.05, 3.63) is 18.3 Å². The number of hydrogen-bond donors (Lipinski definition) is 0. The number of anilines is 1. The number of pyridine rings is 1. The largest absolute Gasteiger partial charge is 0.487 e. The van der Waals surface area contributed by atoms with Crippen LogP contribution in [0, 0.1) is 0 Å². The molecule has 0 aliphatic rings. The molecule has 0 saturated heterocycles. The molecule has 1 heterocycles. The summed E-state index contributed by atoms with van der Waals surface area (Å²) in [6, 6.07) is 3.83. The third kappa shape index (κ3) is 3.56. The van der Waals surface area contributed by atoms with Gasteiger partial charge in [-0.3, -0.25) is 0 Å². The van der Waals surface area contributed by atoms with Crippen LogP contribution >= 0.6 is 11.6 Å².